The second-order valence-electron chi connectivity index (χ2n) is 5.92. The Morgan fingerprint density at radius 2 is 1.75 bits per heavy atom. The number of anilines is 1. The fourth-order valence-corrected chi connectivity index (χ4v) is 2.55. The highest BCUT2D eigenvalue weighted by molar-refractivity contribution is 6.13. The fourth-order valence-electron chi connectivity index (χ4n) is 2.55. The van der Waals surface area contributed by atoms with Gasteiger partial charge in [-0.05, 0) is 48.4 Å². The molecule has 1 aromatic carbocycles. The van der Waals surface area contributed by atoms with Crippen LogP contribution in [0, 0.1) is 0 Å². The Kier molecular flexibility index (Phi) is 4.42. The average molecular weight is 320 g/mol. The summed E-state index contributed by atoms with van der Waals surface area (Å²) in [4.78, 5) is 24.8. The van der Waals surface area contributed by atoms with Gasteiger partial charge in [0.15, 0.2) is 0 Å². The van der Waals surface area contributed by atoms with Gasteiger partial charge in [-0.15, -0.1) is 0 Å². The molecule has 0 unspecified atom stereocenters. The van der Waals surface area contributed by atoms with E-state index < -0.39 is 0 Å². The van der Waals surface area contributed by atoms with E-state index in [0.717, 1.165) is 16.8 Å². The average Bonchev–Trinajstić information content (AvgIpc) is 2.84. The summed E-state index contributed by atoms with van der Waals surface area (Å²) in [6.45, 7) is 2.36. The van der Waals surface area contributed by atoms with Gasteiger partial charge in [0.05, 0.1) is 6.54 Å². The van der Waals surface area contributed by atoms with Gasteiger partial charge < -0.3 is 4.90 Å². The Hall–Kier alpha value is -2.95. The first kappa shape index (κ1) is 15.9. The number of pyridine rings is 1. The maximum absolute atomic E-state index is 12.6. The molecule has 24 heavy (non-hydrogen) atoms. The molecule has 2 aromatic rings. The number of amides is 1. The molecule has 0 saturated carbocycles. The molecule has 122 valence electrons. The van der Waals surface area contributed by atoms with Crippen LogP contribution in [0.4, 0.5) is 5.69 Å². The maximum Gasteiger partial charge on any atom is 0.278 e. The van der Waals surface area contributed by atoms with Crippen LogP contribution in [0.15, 0.2) is 59.5 Å². The van der Waals surface area contributed by atoms with E-state index in [0.29, 0.717) is 18.1 Å². The summed E-state index contributed by atoms with van der Waals surface area (Å²) in [5, 5.41) is 0. The van der Waals surface area contributed by atoms with Gasteiger partial charge in [-0.3, -0.25) is 14.7 Å². The van der Waals surface area contributed by atoms with E-state index in [1.54, 1.807) is 17.3 Å². The summed E-state index contributed by atoms with van der Waals surface area (Å²) < 4.78 is 0. The lowest BCUT2D eigenvalue weighted by Crippen LogP contribution is -2.29. The predicted octanol–water partition coefficient (Wildman–Crippen LogP) is 2.95. The Balaban J connectivity index is 1.79. The molecule has 0 N–H and O–H groups in total. The summed E-state index contributed by atoms with van der Waals surface area (Å²) in [7, 11) is 4.00. The summed E-state index contributed by atoms with van der Waals surface area (Å²) in [6, 6.07) is 11.8. The number of hydrogen-bond donors (Lipinski definition) is 0. The summed E-state index contributed by atoms with van der Waals surface area (Å²) >= 11 is 0. The quantitative estimate of drug-likeness (QED) is 0.814. The molecule has 0 bridgehead atoms. The van der Waals surface area contributed by atoms with E-state index in [2.05, 4.69) is 9.98 Å². The van der Waals surface area contributed by atoms with Crippen molar-refractivity contribution < 1.29 is 4.79 Å². The van der Waals surface area contributed by atoms with E-state index in [1.165, 1.54) is 0 Å². The number of amidine groups is 1. The van der Waals surface area contributed by atoms with Gasteiger partial charge in [0.2, 0.25) is 0 Å². The highest BCUT2D eigenvalue weighted by atomic mass is 16.2. The molecule has 3 rings (SSSR count). The van der Waals surface area contributed by atoms with E-state index in [9.17, 15) is 4.79 Å². The van der Waals surface area contributed by atoms with Gasteiger partial charge in [0, 0.05) is 32.2 Å². The molecular formula is C19H20N4O. The standard InChI is InChI=1S/C19H20N4O/c1-14-21-18(12-15-4-6-17(7-5-15)22(2)3)19(24)23(14)13-16-8-10-20-11-9-16/h4-12H,13H2,1-3H3/b18-12+. The van der Waals surface area contributed by atoms with Crippen molar-refractivity contribution in [3.05, 3.63) is 65.6 Å². The second kappa shape index (κ2) is 6.66. The van der Waals surface area contributed by atoms with E-state index in [-0.39, 0.29) is 5.91 Å². The highest BCUT2D eigenvalue weighted by Crippen LogP contribution is 2.21. The third-order valence-corrected chi connectivity index (χ3v) is 3.94. The van der Waals surface area contributed by atoms with Crippen LogP contribution < -0.4 is 4.90 Å². The zero-order valence-corrected chi connectivity index (χ0v) is 14.1. The number of benzene rings is 1. The van der Waals surface area contributed by atoms with Gasteiger partial charge in [-0.25, -0.2) is 4.99 Å². The third kappa shape index (κ3) is 3.35. The Bertz CT molecular complexity index is 792. The van der Waals surface area contributed by atoms with Crippen molar-refractivity contribution in [1.82, 2.24) is 9.88 Å². The van der Waals surface area contributed by atoms with Crippen LogP contribution in [-0.4, -0.2) is 35.7 Å². The number of carbonyl (C=O) groups is 1. The highest BCUT2D eigenvalue weighted by Gasteiger charge is 2.27. The zero-order chi connectivity index (χ0) is 17.1. The van der Waals surface area contributed by atoms with Crippen LogP contribution in [0.2, 0.25) is 0 Å². The van der Waals surface area contributed by atoms with Crippen molar-refractivity contribution in [2.75, 3.05) is 19.0 Å². The summed E-state index contributed by atoms with van der Waals surface area (Å²) in [5.74, 6) is 0.647. The Labute approximate surface area is 142 Å². The number of rotatable bonds is 4. The van der Waals surface area contributed by atoms with Crippen LogP contribution in [-0.2, 0) is 11.3 Å². The molecule has 1 aliphatic rings. The molecule has 0 atom stereocenters. The molecule has 1 amide bonds. The van der Waals surface area contributed by atoms with Crippen LogP contribution in [0.3, 0.4) is 0 Å². The van der Waals surface area contributed by atoms with Gasteiger partial charge in [-0.1, -0.05) is 12.1 Å². The molecule has 2 heterocycles. The molecule has 1 aliphatic heterocycles. The number of nitrogens with zero attached hydrogens (tertiary/aromatic N) is 4. The van der Waals surface area contributed by atoms with Gasteiger partial charge >= 0.3 is 0 Å². The SMILES string of the molecule is CC1=N/C(=C/c2ccc(N(C)C)cc2)C(=O)N1Cc1ccncc1. The fraction of sp³-hybridized carbons (Fsp3) is 0.211. The van der Waals surface area contributed by atoms with Crippen LogP contribution in [0.1, 0.15) is 18.1 Å². The van der Waals surface area contributed by atoms with Gasteiger partial charge in [-0.2, -0.15) is 0 Å². The number of aromatic nitrogens is 1. The molecule has 0 fully saturated rings. The molecular weight excluding hydrogens is 300 g/mol. The first-order valence-electron chi connectivity index (χ1n) is 7.80. The van der Waals surface area contributed by atoms with Crippen LogP contribution in [0.25, 0.3) is 6.08 Å². The second-order valence-corrected chi connectivity index (χ2v) is 5.92. The van der Waals surface area contributed by atoms with E-state index in [1.807, 2.05) is 68.4 Å². The molecule has 0 spiro atoms. The van der Waals surface area contributed by atoms with Crippen molar-refractivity contribution in [1.29, 1.82) is 0 Å². The summed E-state index contributed by atoms with van der Waals surface area (Å²) in [6.07, 6.45) is 5.29. The molecule has 5 heteroatoms. The monoisotopic (exact) mass is 320 g/mol. The van der Waals surface area contributed by atoms with Crippen molar-refractivity contribution in [2.24, 2.45) is 4.99 Å². The maximum atomic E-state index is 12.6. The number of carbonyl (C=O) groups excluding carboxylic acids is 1. The molecule has 5 nitrogen and oxygen atoms in total. The van der Waals surface area contributed by atoms with Crippen LogP contribution in [0.5, 0.6) is 0 Å². The zero-order valence-electron chi connectivity index (χ0n) is 14.1. The van der Waals surface area contributed by atoms with E-state index in [4.69, 9.17) is 0 Å². The number of hydrogen-bond acceptors (Lipinski definition) is 4. The lowest BCUT2D eigenvalue weighted by molar-refractivity contribution is -0.123. The lowest BCUT2D eigenvalue weighted by Gasteiger charge is -2.15. The Morgan fingerprint density at radius 3 is 2.38 bits per heavy atom. The molecule has 1 aromatic heterocycles. The minimum atomic E-state index is -0.0685. The molecule has 0 aliphatic carbocycles. The Morgan fingerprint density at radius 1 is 1.08 bits per heavy atom. The largest absolute Gasteiger partial charge is 0.378 e. The number of aliphatic imine (C=N–C) groups is 1. The molecule has 0 radical (unpaired) electrons. The van der Waals surface area contributed by atoms with Crippen molar-refractivity contribution >= 4 is 23.5 Å². The van der Waals surface area contributed by atoms with Gasteiger partial charge in [0.1, 0.15) is 11.5 Å². The van der Waals surface area contributed by atoms with E-state index >= 15 is 0 Å². The van der Waals surface area contributed by atoms with Crippen molar-refractivity contribution in [3.8, 4) is 0 Å². The first-order valence-corrected chi connectivity index (χ1v) is 7.80. The molecule has 0 saturated heterocycles. The minimum absolute atomic E-state index is 0.0685. The summed E-state index contributed by atoms with van der Waals surface area (Å²) in [5.41, 5.74) is 3.59. The minimum Gasteiger partial charge on any atom is -0.378 e. The lowest BCUT2D eigenvalue weighted by atomic mass is 10.1. The van der Waals surface area contributed by atoms with Crippen molar-refractivity contribution in [3.63, 3.8) is 0 Å². The van der Waals surface area contributed by atoms with Crippen molar-refractivity contribution in [2.45, 2.75) is 13.5 Å². The predicted molar refractivity (Wildman–Crippen MR) is 96.6 cm³/mol. The van der Waals surface area contributed by atoms with Crippen LogP contribution >= 0.6 is 0 Å². The van der Waals surface area contributed by atoms with Gasteiger partial charge in [0.25, 0.3) is 5.91 Å². The first-order chi connectivity index (χ1) is 11.5. The third-order valence-electron chi connectivity index (χ3n) is 3.94. The normalized spacial score (nSPS) is 15.8. The smallest absolute Gasteiger partial charge is 0.278 e. The topological polar surface area (TPSA) is 48.8 Å².